The normalized spacial score (nSPS) is 12.9. The Bertz CT molecular complexity index is 1070. The molecule has 0 spiro atoms. The van der Waals surface area contributed by atoms with Gasteiger partial charge in [0, 0.05) is 6.07 Å². The van der Waals surface area contributed by atoms with E-state index in [1.807, 2.05) is 38.1 Å². The maximum absolute atomic E-state index is 12.8. The highest BCUT2D eigenvalue weighted by atomic mass is 16.6. The van der Waals surface area contributed by atoms with Crippen molar-refractivity contribution in [3.8, 4) is 17.2 Å². The van der Waals surface area contributed by atoms with Crippen molar-refractivity contribution in [2.45, 2.75) is 52.7 Å². The maximum atomic E-state index is 12.8. The van der Waals surface area contributed by atoms with Gasteiger partial charge in [0.05, 0.1) is 11.5 Å². The van der Waals surface area contributed by atoms with Crippen molar-refractivity contribution in [1.29, 1.82) is 0 Å². The smallest absolute Gasteiger partial charge is 0.347 e. The highest BCUT2D eigenvalue weighted by molar-refractivity contribution is 5.79. The number of carbonyl (C=O) groups is 1. The molecule has 0 saturated heterocycles. The molecule has 0 aliphatic rings. The van der Waals surface area contributed by atoms with Crippen LogP contribution in [0.4, 0.5) is 0 Å². The first-order valence-electron chi connectivity index (χ1n) is 10.1. The van der Waals surface area contributed by atoms with Gasteiger partial charge in [-0.15, -0.1) is 0 Å². The Balaban J connectivity index is 1.77. The number of hydrogen-bond donors (Lipinski definition) is 0. The van der Waals surface area contributed by atoms with E-state index in [1.54, 1.807) is 25.1 Å². The molecule has 2 aromatic carbocycles. The summed E-state index contributed by atoms with van der Waals surface area (Å²) in [5.41, 5.74) is 1.24. The Kier molecular flexibility index (Phi) is 6.77. The predicted molar refractivity (Wildman–Crippen MR) is 114 cm³/mol. The third kappa shape index (κ3) is 5.00. The van der Waals surface area contributed by atoms with E-state index in [-0.39, 0.29) is 17.3 Å². The maximum Gasteiger partial charge on any atom is 0.347 e. The van der Waals surface area contributed by atoms with Gasteiger partial charge in [0.1, 0.15) is 23.3 Å². The Morgan fingerprint density at radius 2 is 1.73 bits per heavy atom. The van der Waals surface area contributed by atoms with Gasteiger partial charge in [-0.25, -0.2) is 4.79 Å². The van der Waals surface area contributed by atoms with Gasteiger partial charge in [-0.2, -0.15) is 0 Å². The summed E-state index contributed by atoms with van der Waals surface area (Å²) in [6.45, 7) is 7.45. The standard InChI is InChI=1S/C24H26O6/c1-5-15(3)28-24(26)16(4)29-19-11-12-20-21(13-19)27-14-22(23(20)25)30-18-9-7-17(6-2)8-10-18/h7-16H,5-6H2,1-4H3. The zero-order chi connectivity index (χ0) is 21.7. The number of aryl methyl sites for hydroxylation is 1. The van der Waals surface area contributed by atoms with Crippen molar-refractivity contribution in [2.24, 2.45) is 0 Å². The fourth-order valence-corrected chi connectivity index (χ4v) is 2.78. The number of benzene rings is 2. The van der Waals surface area contributed by atoms with Gasteiger partial charge in [-0.3, -0.25) is 4.79 Å². The van der Waals surface area contributed by atoms with E-state index in [4.69, 9.17) is 18.6 Å². The summed E-state index contributed by atoms with van der Waals surface area (Å²) in [5.74, 6) is 0.630. The van der Waals surface area contributed by atoms with E-state index >= 15 is 0 Å². The fourth-order valence-electron chi connectivity index (χ4n) is 2.78. The van der Waals surface area contributed by atoms with Crippen LogP contribution in [-0.2, 0) is 16.0 Å². The minimum Gasteiger partial charge on any atom is -0.479 e. The molecule has 3 aromatic rings. The molecule has 6 heteroatoms. The van der Waals surface area contributed by atoms with Crippen LogP contribution in [0.5, 0.6) is 17.2 Å². The quantitative estimate of drug-likeness (QED) is 0.472. The highest BCUT2D eigenvalue weighted by Gasteiger charge is 2.19. The van der Waals surface area contributed by atoms with Crippen molar-refractivity contribution < 1.29 is 23.4 Å². The average molecular weight is 410 g/mol. The number of esters is 1. The third-order valence-corrected chi connectivity index (χ3v) is 4.81. The molecule has 0 amide bonds. The van der Waals surface area contributed by atoms with Crippen molar-refractivity contribution in [3.05, 3.63) is 64.5 Å². The van der Waals surface area contributed by atoms with Crippen LogP contribution in [0.1, 0.15) is 39.7 Å². The van der Waals surface area contributed by atoms with Crippen LogP contribution >= 0.6 is 0 Å². The number of hydrogen-bond acceptors (Lipinski definition) is 6. The Labute approximate surface area is 175 Å². The molecule has 0 fully saturated rings. The van der Waals surface area contributed by atoms with E-state index in [0.717, 1.165) is 12.8 Å². The lowest BCUT2D eigenvalue weighted by molar-refractivity contribution is -0.155. The first-order valence-corrected chi connectivity index (χ1v) is 10.1. The predicted octanol–water partition coefficient (Wildman–Crippen LogP) is 5.26. The van der Waals surface area contributed by atoms with E-state index in [9.17, 15) is 9.59 Å². The molecule has 30 heavy (non-hydrogen) atoms. The van der Waals surface area contributed by atoms with Gasteiger partial charge >= 0.3 is 5.97 Å². The molecule has 0 bridgehead atoms. The molecule has 0 aliphatic heterocycles. The first-order chi connectivity index (χ1) is 14.4. The van der Waals surface area contributed by atoms with Gasteiger partial charge in [0.15, 0.2) is 6.10 Å². The average Bonchev–Trinajstić information content (AvgIpc) is 2.76. The van der Waals surface area contributed by atoms with E-state index in [0.29, 0.717) is 22.5 Å². The second kappa shape index (κ2) is 9.48. The molecule has 6 nitrogen and oxygen atoms in total. The van der Waals surface area contributed by atoms with Crippen LogP contribution in [0.2, 0.25) is 0 Å². The third-order valence-electron chi connectivity index (χ3n) is 4.81. The minimum absolute atomic E-state index is 0.103. The second-order valence-electron chi connectivity index (χ2n) is 7.10. The molecule has 0 saturated carbocycles. The van der Waals surface area contributed by atoms with Crippen molar-refractivity contribution in [3.63, 3.8) is 0 Å². The molecule has 0 aliphatic carbocycles. The molecule has 1 aromatic heterocycles. The van der Waals surface area contributed by atoms with E-state index < -0.39 is 12.1 Å². The highest BCUT2D eigenvalue weighted by Crippen LogP contribution is 2.25. The van der Waals surface area contributed by atoms with Crippen molar-refractivity contribution in [2.75, 3.05) is 0 Å². The van der Waals surface area contributed by atoms with Crippen molar-refractivity contribution >= 4 is 16.9 Å². The monoisotopic (exact) mass is 410 g/mol. The summed E-state index contributed by atoms with van der Waals surface area (Å²) in [6.07, 6.45) is 1.98. The SMILES string of the molecule is CCc1ccc(Oc2coc3cc(OC(C)C(=O)OC(C)CC)ccc3c2=O)cc1. The summed E-state index contributed by atoms with van der Waals surface area (Å²) >= 11 is 0. The Morgan fingerprint density at radius 3 is 2.40 bits per heavy atom. The van der Waals surface area contributed by atoms with Crippen LogP contribution in [0, 0.1) is 0 Å². The zero-order valence-electron chi connectivity index (χ0n) is 17.6. The lowest BCUT2D eigenvalue weighted by Crippen LogP contribution is -2.29. The van der Waals surface area contributed by atoms with Gasteiger partial charge in [0.25, 0.3) is 0 Å². The Morgan fingerprint density at radius 1 is 1.03 bits per heavy atom. The molecule has 0 N–H and O–H groups in total. The van der Waals surface area contributed by atoms with E-state index in [2.05, 4.69) is 6.92 Å². The zero-order valence-corrected chi connectivity index (χ0v) is 17.6. The molecule has 158 valence electrons. The van der Waals surface area contributed by atoms with Crippen LogP contribution in [-0.4, -0.2) is 18.2 Å². The summed E-state index contributed by atoms with van der Waals surface area (Å²) in [4.78, 5) is 24.8. The molecular formula is C24H26O6. The number of carbonyl (C=O) groups excluding carboxylic acids is 1. The lowest BCUT2D eigenvalue weighted by atomic mass is 10.2. The van der Waals surface area contributed by atoms with E-state index in [1.165, 1.54) is 11.8 Å². The first kappa shape index (κ1) is 21.4. The lowest BCUT2D eigenvalue weighted by Gasteiger charge is -2.17. The Hall–Kier alpha value is -3.28. The topological polar surface area (TPSA) is 75.0 Å². The van der Waals surface area contributed by atoms with Crippen LogP contribution < -0.4 is 14.9 Å². The summed E-state index contributed by atoms with van der Waals surface area (Å²) in [6, 6.07) is 12.3. The summed E-state index contributed by atoms with van der Waals surface area (Å²) in [7, 11) is 0. The molecular weight excluding hydrogens is 384 g/mol. The fraction of sp³-hybridized carbons (Fsp3) is 0.333. The molecule has 0 radical (unpaired) electrons. The van der Waals surface area contributed by atoms with Gasteiger partial charge in [-0.1, -0.05) is 26.0 Å². The molecule has 3 rings (SSSR count). The molecule has 2 unspecified atom stereocenters. The minimum atomic E-state index is -0.781. The van der Waals surface area contributed by atoms with Crippen LogP contribution in [0.15, 0.2) is 57.9 Å². The van der Waals surface area contributed by atoms with Crippen LogP contribution in [0.25, 0.3) is 11.0 Å². The molecule has 1 heterocycles. The number of fused-ring (bicyclic) bond motifs is 1. The number of ether oxygens (including phenoxy) is 3. The summed E-state index contributed by atoms with van der Waals surface area (Å²) < 4.78 is 22.2. The van der Waals surface area contributed by atoms with Gasteiger partial charge in [-0.05, 0) is 56.5 Å². The van der Waals surface area contributed by atoms with Gasteiger partial charge in [0.2, 0.25) is 11.2 Å². The van der Waals surface area contributed by atoms with Gasteiger partial charge < -0.3 is 18.6 Å². The number of rotatable bonds is 8. The van der Waals surface area contributed by atoms with Crippen LogP contribution in [0.3, 0.4) is 0 Å². The largest absolute Gasteiger partial charge is 0.479 e. The summed E-state index contributed by atoms with van der Waals surface area (Å²) in [5, 5.41) is 0.361. The second-order valence-corrected chi connectivity index (χ2v) is 7.10. The molecule has 2 atom stereocenters. The van der Waals surface area contributed by atoms with Crippen molar-refractivity contribution in [1.82, 2.24) is 0 Å².